The van der Waals surface area contributed by atoms with Crippen molar-refractivity contribution in [3.05, 3.63) is 30.1 Å². The van der Waals surface area contributed by atoms with Crippen LogP contribution in [0.15, 0.2) is 24.5 Å². The molecule has 28 heavy (non-hydrogen) atoms. The van der Waals surface area contributed by atoms with Gasteiger partial charge in [0.1, 0.15) is 0 Å². The zero-order valence-corrected chi connectivity index (χ0v) is 16.3. The highest BCUT2D eigenvalue weighted by molar-refractivity contribution is 5.86. The van der Waals surface area contributed by atoms with E-state index in [4.69, 9.17) is 0 Å². The van der Waals surface area contributed by atoms with E-state index >= 15 is 0 Å². The minimum absolute atomic E-state index is 0.0239. The van der Waals surface area contributed by atoms with Gasteiger partial charge in [0.15, 0.2) is 0 Å². The Morgan fingerprint density at radius 2 is 1.75 bits per heavy atom. The second kappa shape index (κ2) is 7.89. The summed E-state index contributed by atoms with van der Waals surface area (Å²) in [5.74, 6) is 0.326. The van der Waals surface area contributed by atoms with Crippen LogP contribution in [-0.2, 0) is 20.9 Å². The number of carbonyl (C=O) groups excluding carboxylic acids is 3. The van der Waals surface area contributed by atoms with Crippen molar-refractivity contribution in [1.82, 2.24) is 19.7 Å². The first-order chi connectivity index (χ1) is 13.5. The fourth-order valence-electron chi connectivity index (χ4n) is 4.84. The number of likely N-dealkylation sites (tertiary alicyclic amines) is 3. The third-order valence-corrected chi connectivity index (χ3v) is 6.38. The second-order valence-electron chi connectivity index (χ2n) is 8.44. The van der Waals surface area contributed by atoms with Gasteiger partial charge in [0.05, 0.1) is 6.54 Å². The maximum atomic E-state index is 12.8. The molecule has 4 heterocycles. The van der Waals surface area contributed by atoms with Crippen LogP contribution in [0.4, 0.5) is 0 Å². The minimum Gasteiger partial charge on any atom is -0.341 e. The predicted molar refractivity (Wildman–Crippen MR) is 103 cm³/mol. The zero-order chi connectivity index (χ0) is 19.6. The largest absolute Gasteiger partial charge is 0.341 e. The summed E-state index contributed by atoms with van der Waals surface area (Å²) in [6, 6.07) is 3.89. The van der Waals surface area contributed by atoms with Crippen molar-refractivity contribution in [2.75, 3.05) is 32.7 Å². The van der Waals surface area contributed by atoms with E-state index in [9.17, 15) is 14.4 Å². The Kier molecular flexibility index (Phi) is 5.33. The summed E-state index contributed by atoms with van der Waals surface area (Å²) in [5.41, 5.74) is 1.06. The normalized spacial score (nSPS) is 25.6. The zero-order valence-electron chi connectivity index (χ0n) is 16.3. The van der Waals surface area contributed by atoms with Gasteiger partial charge in [-0.15, -0.1) is 0 Å². The van der Waals surface area contributed by atoms with E-state index in [1.54, 1.807) is 17.3 Å². The lowest BCUT2D eigenvalue weighted by Crippen LogP contribution is -2.56. The van der Waals surface area contributed by atoms with Crippen molar-refractivity contribution in [3.63, 3.8) is 0 Å². The van der Waals surface area contributed by atoms with Crippen LogP contribution in [0.1, 0.15) is 44.1 Å². The molecule has 150 valence electrons. The lowest BCUT2D eigenvalue weighted by molar-refractivity contribution is -0.146. The first-order valence-electron chi connectivity index (χ1n) is 10.3. The van der Waals surface area contributed by atoms with Gasteiger partial charge < -0.3 is 14.7 Å². The molecule has 1 aromatic heterocycles. The first-order valence-corrected chi connectivity index (χ1v) is 10.3. The van der Waals surface area contributed by atoms with Gasteiger partial charge in [-0.05, 0) is 43.4 Å². The number of pyridine rings is 1. The van der Waals surface area contributed by atoms with Crippen LogP contribution in [0, 0.1) is 5.41 Å². The van der Waals surface area contributed by atoms with Crippen molar-refractivity contribution in [3.8, 4) is 0 Å². The number of amides is 3. The van der Waals surface area contributed by atoms with Crippen molar-refractivity contribution in [1.29, 1.82) is 0 Å². The fourth-order valence-corrected chi connectivity index (χ4v) is 4.84. The van der Waals surface area contributed by atoms with Gasteiger partial charge in [0, 0.05) is 63.4 Å². The van der Waals surface area contributed by atoms with Crippen LogP contribution in [0.25, 0.3) is 0 Å². The number of nitrogens with zero attached hydrogens (tertiary/aromatic N) is 4. The third kappa shape index (κ3) is 4.03. The molecule has 3 aliphatic rings. The van der Waals surface area contributed by atoms with Crippen LogP contribution >= 0.6 is 0 Å². The van der Waals surface area contributed by atoms with E-state index in [2.05, 4.69) is 4.98 Å². The molecule has 4 rings (SSSR count). The average Bonchev–Trinajstić information content (AvgIpc) is 3.10. The molecule has 7 nitrogen and oxygen atoms in total. The molecule has 0 saturated carbocycles. The van der Waals surface area contributed by atoms with Crippen LogP contribution in [0.2, 0.25) is 0 Å². The van der Waals surface area contributed by atoms with Gasteiger partial charge in [-0.1, -0.05) is 0 Å². The van der Waals surface area contributed by atoms with Crippen molar-refractivity contribution in [2.24, 2.45) is 5.41 Å². The summed E-state index contributed by atoms with van der Waals surface area (Å²) in [6.45, 7) is 3.63. The van der Waals surface area contributed by atoms with Gasteiger partial charge in [0.2, 0.25) is 17.7 Å². The molecule has 0 unspecified atom stereocenters. The lowest BCUT2D eigenvalue weighted by atomic mass is 9.73. The van der Waals surface area contributed by atoms with E-state index in [1.807, 2.05) is 21.9 Å². The average molecular weight is 384 g/mol. The highest BCUT2D eigenvalue weighted by Gasteiger charge is 2.43. The molecule has 1 atom stereocenters. The molecule has 3 saturated heterocycles. The van der Waals surface area contributed by atoms with Crippen LogP contribution in [0.5, 0.6) is 0 Å². The topological polar surface area (TPSA) is 73.8 Å². The molecule has 1 aromatic rings. The molecule has 3 amide bonds. The molecule has 0 bridgehead atoms. The Labute approximate surface area is 165 Å². The summed E-state index contributed by atoms with van der Waals surface area (Å²) < 4.78 is 0. The van der Waals surface area contributed by atoms with E-state index in [0.717, 1.165) is 37.8 Å². The molecule has 0 N–H and O–H groups in total. The Hall–Kier alpha value is -2.44. The fraction of sp³-hybridized carbons (Fsp3) is 0.619. The summed E-state index contributed by atoms with van der Waals surface area (Å²) in [4.78, 5) is 46.7. The third-order valence-electron chi connectivity index (χ3n) is 6.38. The summed E-state index contributed by atoms with van der Waals surface area (Å²) >= 11 is 0. The SMILES string of the molecule is O=C1CCCN1CC(=O)N1CCC[C@@]2(CCC(=O)N(Cc3ccncc3)C2)C1. The van der Waals surface area contributed by atoms with Gasteiger partial charge in [-0.2, -0.15) is 0 Å². The lowest BCUT2D eigenvalue weighted by Gasteiger charge is -2.48. The van der Waals surface area contributed by atoms with Crippen LogP contribution < -0.4 is 0 Å². The van der Waals surface area contributed by atoms with Crippen LogP contribution in [-0.4, -0.2) is 70.1 Å². The number of piperidine rings is 2. The molecule has 3 fully saturated rings. The number of hydrogen-bond acceptors (Lipinski definition) is 4. The highest BCUT2D eigenvalue weighted by atomic mass is 16.2. The Bertz CT molecular complexity index is 753. The minimum atomic E-state index is -0.0239. The van der Waals surface area contributed by atoms with E-state index in [1.165, 1.54) is 0 Å². The molecule has 7 heteroatoms. The van der Waals surface area contributed by atoms with Crippen molar-refractivity contribution >= 4 is 17.7 Å². The summed E-state index contributed by atoms with van der Waals surface area (Å²) in [5, 5.41) is 0. The number of rotatable bonds is 4. The van der Waals surface area contributed by atoms with Gasteiger partial charge in [-0.3, -0.25) is 19.4 Å². The Morgan fingerprint density at radius 1 is 0.964 bits per heavy atom. The quantitative estimate of drug-likeness (QED) is 0.787. The molecule has 0 radical (unpaired) electrons. The maximum absolute atomic E-state index is 12.8. The van der Waals surface area contributed by atoms with E-state index < -0.39 is 0 Å². The van der Waals surface area contributed by atoms with E-state index in [0.29, 0.717) is 39.0 Å². The molecular weight excluding hydrogens is 356 g/mol. The summed E-state index contributed by atoms with van der Waals surface area (Å²) in [7, 11) is 0. The molecular formula is C21H28N4O3. The molecule has 1 spiro atoms. The molecule has 0 aliphatic carbocycles. The van der Waals surface area contributed by atoms with Gasteiger partial charge in [0.25, 0.3) is 0 Å². The van der Waals surface area contributed by atoms with Gasteiger partial charge >= 0.3 is 0 Å². The predicted octanol–water partition coefficient (Wildman–Crippen LogP) is 1.44. The summed E-state index contributed by atoms with van der Waals surface area (Å²) in [6.07, 6.45) is 8.28. The van der Waals surface area contributed by atoms with Crippen LogP contribution in [0.3, 0.4) is 0 Å². The number of aromatic nitrogens is 1. The second-order valence-corrected chi connectivity index (χ2v) is 8.44. The number of hydrogen-bond donors (Lipinski definition) is 0. The highest BCUT2D eigenvalue weighted by Crippen LogP contribution is 2.39. The van der Waals surface area contributed by atoms with Crippen molar-refractivity contribution in [2.45, 2.75) is 45.1 Å². The standard InChI is InChI=1S/C21H28N4O3/c26-18-3-1-11-23(18)14-20(28)24-12-2-7-21(15-24)8-4-19(27)25(16-21)13-17-5-9-22-10-6-17/h5-6,9-10H,1-4,7-8,11-16H2/t21-/m1/s1. The smallest absolute Gasteiger partial charge is 0.242 e. The first kappa shape index (κ1) is 18.9. The van der Waals surface area contributed by atoms with E-state index in [-0.39, 0.29) is 29.7 Å². The van der Waals surface area contributed by atoms with Crippen molar-refractivity contribution < 1.29 is 14.4 Å². The molecule has 3 aliphatic heterocycles. The molecule has 0 aromatic carbocycles. The van der Waals surface area contributed by atoms with Gasteiger partial charge in [-0.25, -0.2) is 0 Å². The number of carbonyl (C=O) groups is 3. The Morgan fingerprint density at radius 3 is 2.50 bits per heavy atom. The monoisotopic (exact) mass is 384 g/mol. The maximum Gasteiger partial charge on any atom is 0.242 e. The Balaban J connectivity index is 1.41.